The zero-order chi connectivity index (χ0) is 26.6. The maximum Gasteiger partial charge on any atom is 0.291 e. The molecule has 3 heterocycles. The third-order valence-corrected chi connectivity index (χ3v) is 5.48. The van der Waals surface area contributed by atoms with Gasteiger partial charge >= 0.3 is 0 Å². The number of carbonyl (C=O) groups excluding carboxylic acids is 4. The molecule has 1 N–H and O–H groups in total. The molecule has 0 bridgehead atoms. The van der Waals surface area contributed by atoms with Gasteiger partial charge in [0, 0.05) is 39.2 Å². The van der Waals surface area contributed by atoms with E-state index in [-0.39, 0.29) is 29.5 Å². The van der Waals surface area contributed by atoms with Gasteiger partial charge in [0.2, 0.25) is 5.82 Å². The molecule has 11 nitrogen and oxygen atoms in total. The molecule has 0 unspecified atom stereocenters. The predicted octanol–water partition coefficient (Wildman–Crippen LogP) is 2.03. The second kappa shape index (κ2) is 13.3. The van der Waals surface area contributed by atoms with Crippen molar-refractivity contribution in [2.75, 3.05) is 13.6 Å². The average molecular weight is 502 g/mol. The van der Waals surface area contributed by atoms with Crippen molar-refractivity contribution < 1.29 is 19.2 Å². The van der Waals surface area contributed by atoms with E-state index in [4.69, 9.17) is 0 Å². The van der Waals surface area contributed by atoms with E-state index in [0.29, 0.717) is 24.9 Å². The molecule has 0 saturated carbocycles. The van der Waals surface area contributed by atoms with Gasteiger partial charge in [-0.1, -0.05) is 30.3 Å². The molecule has 1 aromatic carbocycles. The molecular formula is C26H27N7O4. The first-order chi connectivity index (χ1) is 17.9. The Morgan fingerprint density at radius 2 is 1.81 bits per heavy atom. The molecule has 190 valence electrons. The van der Waals surface area contributed by atoms with E-state index in [0.717, 1.165) is 18.2 Å². The number of amides is 3. The highest BCUT2D eigenvalue weighted by molar-refractivity contribution is 6.44. The number of hydrogen-bond donors (Lipinski definition) is 1. The van der Waals surface area contributed by atoms with Crippen molar-refractivity contribution in [1.82, 2.24) is 24.8 Å². The average Bonchev–Trinajstić information content (AvgIpc) is 3.56. The molecule has 0 spiro atoms. The molecule has 3 aromatic rings. The van der Waals surface area contributed by atoms with Crippen molar-refractivity contribution >= 4 is 36.1 Å². The van der Waals surface area contributed by atoms with Crippen LogP contribution in [0.4, 0.5) is 0 Å². The first-order valence-electron chi connectivity index (χ1n) is 11.5. The van der Waals surface area contributed by atoms with Gasteiger partial charge in [0.25, 0.3) is 17.7 Å². The minimum atomic E-state index is -0.466. The van der Waals surface area contributed by atoms with Gasteiger partial charge in [-0.05, 0) is 36.6 Å². The molecular weight excluding hydrogens is 474 g/mol. The summed E-state index contributed by atoms with van der Waals surface area (Å²) in [4.78, 5) is 61.3. The van der Waals surface area contributed by atoms with Gasteiger partial charge in [0.1, 0.15) is 5.69 Å². The number of nitrogens with zero attached hydrogens (tertiary/aromatic N) is 6. The summed E-state index contributed by atoms with van der Waals surface area (Å²) in [7, 11) is 3.60. The Labute approximate surface area is 214 Å². The third kappa shape index (κ3) is 7.59. The molecule has 11 heteroatoms. The van der Waals surface area contributed by atoms with Crippen LogP contribution >= 0.6 is 0 Å². The Morgan fingerprint density at radius 1 is 1.08 bits per heavy atom. The zero-order valence-corrected chi connectivity index (χ0v) is 20.5. The number of rotatable bonds is 9. The van der Waals surface area contributed by atoms with E-state index in [1.807, 2.05) is 49.6 Å². The summed E-state index contributed by atoms with van der Waals surface area (Å²) >= 11 is 0. The molecule has 2 aromatic heterocycles. The van der Waals surface area contributed by atoms with Gasteiger partial charge in [-0.15, -0.1) is 0 Å². The Hall–Kier alpha value is -4.80. The number of benzene rings is 1. The van der Waals surface area contributed by atoms with Crippen LogP contribution in [0.25, 0.3) is 0 Å². The molecule has 4 rings (SSSR count). The lowest BCUT2D eigenvalue weighted by molar-refractivity contribution is -0.111. The Bertz CT molecular complexity index is 1290. The Balaban J connectivity index is 0.000000405. The number of nitrogens with one attached hydrogen (secondary N) is 1. The summed E-state index contributed by atoms with van der Waals surface area (Å²) in [6.07, 6.45) is 7.82. The van der Waals surface area contributed by atoms with E-state index in [1.165, 1.54) is 0 Å². The fourth-order valence-electron chi connectivity index (χ4n) is 3.60. The molecule has 0 aliphatic carbocycles. The number of aldehydes is 1. The molecule has 1 atom stereocenters. The first kappa shape index (κ1) is 26.8. The van der Waals surface area contributed by atoms with Crippen LogP contribution in [0, 0.1) is 0 Å². The predicted molar refractivity (Wildman–Crippen MR) is 137 cm³/mol. The van der Waals surface area contributed by atoms with E-state index in [2.05, 4.69) is 25.3 Å². The van der Waals surface area contributed by atoms with E-state index < -0.39 is 5.91 Å². The van der Waals surface area contributed by atoms with Gasteiger partial charge in [0.05, 0.1) is 12.3 Å². The summed E-state index contributed by atoms with van der Waals surface area (Å²) in [6.45, 7) is 0.525. The normalized spacial score (nSPS) is 12.7. The van der Waals surface area contributed by atoms with Gasteiger partial charge in [0.15, 0.2) is 12.1 Å². The summed E-state index contributed by atoms with van der Waals surface area (Å²) in [6, 6.07) is 15.0. The van der Waals surface area contributed by atoms with Crippen LogP contribution in [0.5, 0.6) is 0 Å². The van der Waals surface area contributed by atoms with Gasteiger partial charge in [-0.3, -0.25) is 19.2 Å². The quantitative estimate of drug-likeness (QED) is 0.352. The number of aromatic nitrogens is 3. The van der Waals surface area contributed by atoms with Crippen LogP contribution < -0.4 is 5.32 Å². The van der Waals surface area contributed by atoms with Crippen LogP contribution in [-0.2, 0) is 16.6 Å². The number of carbonyl (C=O) groups is 4. The summed E-state index contributed by atoms with van der Waals surface area (Å²) < 4.78 is 1.79. The maximum absolute atomic E-state index is 12.8. The third-order valence-electron chi connectivity index (χ3n) is 5.48. The maximum atomic E-state index is 12.8. The summed E-state index contributed by atoms with van der Waals surface area (Å²) in [5.74, 6) is -0.668. The molecule has 0 fully saturated rings. The largest absolute Gasteiger partial charge is 0.351 e. The SMILES string of the molecule is CN(C(=O)c1ncccn1)[C@@H](CCCNC(=O)c1cccn1C)c1ccccc1.O=CC1=NC(=O)C=N1. The van der Waals surface area contributed by atoms with Crippen LogP contribution in [0.2, 0.25) is 0 Å². The standard InChI is InChI=1S/C22H25N5O2.C4H2N2O2/c1-26-16-7-12-19(26)21(28)25-13-6-11-18(17-9-4-3-5-10-17)27(2)22(29)20-23-14-8-15-24-20;7-2-3-5-1-4(8)6-3/h3-5,7-10,12,14-16,18H,6,11,13H2,1-2H3,(H,25,28);1-2H/t18-;/m0./s1. The number of aliphatic imine (C=N–C) groups is 2. The summed E-state index contributed by atoms with van der Waals surface area (Å²) in [5, 5.41) is 2.94. The van der Waals surface area contributed by atoms with E-state index in [1.54, 1.807) is 41.0 Å². The van der Waals surface area contributed by atoms with Gasteiger partial charge < -0.3 is 14.8 Å². The van der Waals surface area contributed by atoms with Gasteiger partial charge in [-0.2, -0.15) is 4.99 Å². The van der Waals surface area contributed by atoms with Crippen LogP contribution in [-0.4, -0.2) is 69.1 Å². The molecule has 3 amide bonds. The van der Waals surface area contributed by atoms with Crippen molar-refractivity contribution in [3.63, 3.8) is 0 Å². The molecule has 0 saturated heterocycles. The fourth-order valence-corrected chi connectivity index (χ4v) is 3.60. The smallest absolute Gasteiger partial charge is 0.291 e. The van der Waals surface area contributed by atoms with E-state index >= 15 is 0 Å². The van der Waals surface area contributed by atoms with Gasteiger partial charge in [-0.25, -0.2) is 15.0 Å². The second-order valence-electron chi connectivity index (χ2n) is 8.00. The lowest BCUT2D eigenvalue weighted by atomic mass is 10.0. The number of hydrogen-bond acceptors (Lipinski definition) is 7. The minimum Gasteiger partial charge on any atom is -0.351 e. The van der Waals surface area contributed by atoms with Crippen LogP contribution in [0.15, 0.2) is 77.1 Å². The molecule has 1 aliphatic rings. The van der Waals surface area contributed by atoms with Crippen LogP contribution in [0.1, 0.15) is 45.6 Å². The Kier molecular flexibility index (Phi) is 9.66. The zero-order valence-electron chi connectivity index (χ0n) is 20.5. The van der Waals surface area contributed by atoms with Crippen LogP contribution in [0.3, 0.4) is 0 Å². The summed E-state index contributed by atoms with van der Waals surface area (Å²) in [5.41, 5.74) is 1.66. The van der Waals surface area contributed by atoms with Crippen molar-refractivity contribution in [3.8, 4) is 0 Å². The van der Waals surface area contributed by atoms with Crippen molar-refractivity contribution in [2.24, 2.45) is 17.0 Å². The number of amidine groups is 1. The topological polar surface area (TPSA) is 139 Å². The fraction of sp³-hybridized carbons (Fsp3) is 0.231. The minimum absolute atomic E-state index is 0.0463. The highest BCUT2D eigenvalue weighted by Crippen LogP contribution is 2.25. The Morgan fingerprint density at radius 3 is 2.38 bits per heavy atom. The second-order valence-corrected chi connectivity index (χ2v) is 8.00. The lowest BCUT2D eigenvalue weighted by Gasteiger charge is -2.28. The van der Waals surface area contributed by atoms with Crippen molar-refractivity contribution in [1.29, 1.82) is 0 Å². The highest BCUT2D eigenvalue weighted by Gasteiger charge is 2.24. The highest BCUT2D eigenvalue weighted by atomic mass is 16.2. The molecule has 1 aliphatic heterocycles. The van der Waals surface area contributed by atoms with E-state index in [9.17, 15) is 19.2 Å². The molecule has 0 radical (unpaired) electrons. The first-order valence-corrected chi connectivity index (χ1v) is 11.5. The lowest BCUT2D eigenvalue weighted by Crippen LogP contribution is -2.33. The van der Waals surface area contributed by atoms with Crippen molar-refractivity contribution in [2.45, 2.75) is 18.9 Å². The number of aryl methyl sites for hydroxylation is 1. The monoisotopic (exact) mass is 501 g/mol. The molecule has 37 heavy (non-hydrogen) atoms. The van der Waals surface area contributed by atoms with Crippen molar-refractivity contribution in [3.05, 3.63) is 84.2 Å².